The summed E-state index contributed by atoms with van der Waals surface area (Å²) in [6, 6.07) is 16.7. The normalized spacial score (nSPS) is 10.1. The second-order valence-corrected chi connectivity index (χ2v) is 10.2. The van der Waals surface area contributed by atoms with E-state index in [1.165, 1.54) is 0 Å². The molecule has 0 unspecified atom stereocenters. The number of aromatic nitrogens is 4. The van der Waals surface area contributed by atoms with Crippen LogP contribution in [0.4, 0.5) is 11.8 Å². The van der Waals surface area contributed by atoms with Gasteiger partial charge in [0.2, 0.25) is 11.9 Å². The molecule has 8 nitrogen and oxygen atoms in total. The van der Waals surface area contributed by atoms with Crippen molar-refractivity contribution in [1.82, 2.24) is 24.4 Å². The van der Waals surface area contributed by atoms with Crippen LogP contribution in [0.15, 0.2) is 73.3 Å². The fourth-order valence-electron chi connectivity index (χ4n) is 3.21. The summed E-state index contributed by atoms with van der Waals surface area (Å²) in [5.74, 6) is 2.30. The zero-order valence-electron chi connectivity index (χ0n) is 24.0. The fourth-order valence-corrected chi connectivity index (χ4v) is 3.55. The van der Waals surface area contributed by atoms with Gasteiger partial charge in [0.15, 0.2) is 0 Å². The highest BCUT2D eigenvalue weighted by Crippen LogP contribution is 2.16. The molecule has 10 heteroatoms. The first kappa shape index (κ1) is 32.6. The monoisotopic (exact) mass is 583 g/mol. The second-order valence-electron chi connectivity index (χ2n) is 9.35. The molecule has 2 N–H and O–H groups in total. The van der Waals surface area contributed by atoms with E-state index in [1.54, 1.807) is 41.3 Å². The number of nitrogens with one attached hydrogen (secondary N) is 2. The SMILES string of the molecule is CC.CC(C)C.CN(Cc1ccc(Cl)cc1)C(=O)CNc1cc(-n2ccnc2)nc(NCc2cccc(Cl)c2)n1. The van der Waals surface area contributed by atoms with Crippen LogP contribution in [0.5, 0.6) is 0 Å². The quantitative estimate of drug-likeness (QED) is 0.214. The van der Waals surface area contributed by atoms with E-state index in [0.717, 1.165) is 17.0 Å². The van der Waals surface area contributed by atoms with Crippen LogP contribution in [-0.2, 0) is 17.9 Å². The Morgan fingerprint density at radius 1 is 0.950 bits per heavy atom. The molecule has 1 amide bonds. The molecule has 214 valence electrons. The van der Waals surface area contributed by atoms with Crippen LogP contribution < -0.4 is 10.6 Å². The van der Waals surface area contributed by atoms with E-state index >= 15 is 0 Å². The third kappa shape index (κ3) is 11.6. The van der Waals surface area contributed by atoms with Crippen LogP contribution >= 0.6 is 23.2 Å². The topological polar surface area (TPSA) is 88.0 Å². The average Bonchev–Trinajstić information content (AvgIpc) is 3.48. The Morgan fingerprint density at radius 2 is 1.65 bits per heavy atom. The standard InChI is InChI=1S/C24H23Cl2N7O.C4H10.C2H6/c1-32(15-17-5-7-19(25)8-6-17)23(34)14-28-21-12-22(33-10-9-27-16-33)31-24(30-21)29-13-18-3-2-4-20(26)11-18;1-4(2)3;1-2/h2-12,16H,13-15H2,1H3,(H2,28,29,30,31);4H,1-3H3;1-2H3. The van der Waals surface area contributed by atoms with Crippen molar-refractivity contribution < 1.29 is 4.79 Å². The third-order valence-electron chi connectivity index (χ3n) is 5.00. The van der Waals surface area contributed by atoms with Crippen molar-refractivity contribution in [1.29, 1.82) is 0 Å². The molecule has 2 heterocycles. The molecule has 0 atom stereocenters. The predicted molar refractivity (Wildman–Crippen MR) is 166 cm³/mol. The molecular formula is C30H39Cl2N7O. The number of imidazole rings is 1. The van der Waals surface area contributed by atoms with E-state index in [9.17, 15) is 4.79 Å². The zero-order chi connectivity index (χ0) is 29.5. The molecule has 0 spiro atoms. The molecule has 0 aliphatic heterocycles. The van der Waals surface area contributed by atoms with Gasteiger partial charge < -0.3 is 15.5 Å². The third-order valence-corrected chi connectivity index (χ3v) is 5.49. The maximum atomic E-state index is 12.7. The number of likely N-dealkylation sites (N-methyl/N-ethyl adjacent to an activating group) is 1. The van der Waals surface area contributed by atoms with Gasteiger partial charge >= 0.3 is 0 Å². The van der Waals surface area contributed by atoms with Crippen LogP contribution in [0.1, 0.15) is 45.7 Å². The number of anilines is 2. The van der Waals surface area contributed by atoms with Crippen molar-refractivity contribution in [3.05, 3.63) is 94.5 Å². The molecular weight excluding hydrogens is 545 g/mol. The number of benzene rings is 2. The summed E-state index contributed by atoms with van der Waals surface area (Å²) in [5.41, 5.74) is 2.00. The van der Waals surface area contributed by atoms with Crippen molar-refractivity contribution in [2.24, 2.45) is 5.92 Å². The van der Waals surface area contributed by atoms with Gasteiger partial charge in [-0.2, -0.15) is 9.97 Å². The Balaban J connectivity index is 0.000000858. The van der Waals surface area contributed by atoms with E-state index < -0.39 is 0 Å². The molecule has 0 aliphatic carbocycles. The summed E-state index contributed by atoms with van der Waals surface area (Å²) in [7, 11) is 1.76. The number of nitrogens with zero attached hydrogens (tertiary/aromatic N) is 5. The Hall–Kier alpha value is -3.62. The molecule has 0 saturated heterocycles. The largest absolute Gasteiger partial charge is 0.361 e. The minimum Gasteiger partial charge on any atom is -0.361 e. The van der Waals surface area contributed by atoms with E-state index in [-0.39, 0.29) is 12.5 Å². The fraction of sp³-hybridized carbons (Fsp3) is 0.333. The molecule has 2 aromatic heterocycles. The predicted octanol–water partition coefficient (Wildman–Crippen LogP) is 7.34. The van der Waals surface area contributed by atoms with Crippen LogP contribution in [-0.4, -0.2) is 43.9 Å². The minimum atomic E-state index is -0.0776. The summed E-state index contributed by atoms with van der Waals surface area (Å²) < 4.78 is 1.77. The number of hydrogen-bond donors (Lipinski definition) is 2. The van der Waals surface area contributed by atoms with Gasteiger partial charge in [0.05, 0.1) is 6.54 Å². The first-order valence-electron chi connectivity index (χ1n) is 13.3. The van der Waals surface area contributed by atoms with Crippen molar-refractivity contribution in [2.75, 3.05) is 24.2 Å². The van der Waals surface area contributed by atoms with Gasteiger partial charge in [-0.1, -0.05) is 82.1 Å². The number of amides is 1. The van der Waals surface area contributed by atoms with Crippen molar-refractivity contribution in [2.45, 2.75) is 47.7 Å². The van der Waals surface area contributed by atoms with Gasteiger partial charge in [-0.3, -0.25) is 9.36 Å². The lowest BCUT2D eigenvalue weighted by Gasteiger charge is -2.18. The highest BCUT2D eigenvalue weighted by molar-refractivity contribution is 6.30. The number of halogens is 2. The van der Waals surface area contributed by atoms with E-state index in [1.807, 2.05) is 62.4 Å². The van der Waals surface area contributed by atoms with E-state index in [4.69, 9.17) is 23.2 Å². The Kier molecular flexibility index (Phi) is 14.0. The lowest BCUT2D eigenvalue weighted by atomic mass is 10.2. The van der Waals surface area contributed by atoms with Crippen LogP contribution in [0, 0.1) is 5.92 Å². The molecule has 0 radical (unpaired) electrons. The Labute approximate surface area is 247 Å². The smallest absolute Gasteiger partial charge is 0.241 e. The molecule has 0 bridgehead atoms. The molecule has 4 aromatic rings. The molecule has 0 saturated carbocycles. The highest BCUT2D eigenvalue weighted by Gasteiger charge is 2.12. The summed E-state index contributed by atoms with van der Waals surface area (Å²) in [6.45, 7) is 11.6. The van der Waals surface area contributed by atoms with Crippen molar-refractivity contribution in [3.8, 4) is 5.82 Å². The number of carbonyl (C=O) groups is 1. The maximum Gasteiger partial charge on any atom is 0.241 e. The first-order chi connectivity index (χ1) is 19.2. The molecule has 0 aliphatic rings. The molecule has 2 aromatic carbocycles. The molecule has 0 fully saturated rings. The van der Waals surface area contributed by atoms with Crippen LogP contribution in [0.3, 0.4) is 0 Å². The van der Waals surface area contributed by atoms with Gasteiger partial charge in [-0.05, 0) is 41.3 Å². The van der Waals surface area contributed by atoms with E-state index in [2.05, 4.69) is 46.4 Å². The second kappa shape index (κ2) is 17.2. The molecule has 4 rings (SSSR count). The Bertz CT molecular complexity index is 1290. The van der Waals surface area contributed by atoms with Gasteiger partial charge in [0.25, 0.3) is 0 Å². The van der Waals surface area contributed by atoms with Crippen LogP contribution in [0.25, 0.3) is 5.82 Å². The zero-order valence-corrected chi connectivity index (χ0v) is 25.5. The first-order valence-corrected chi connectivity index (χ1v) is 14.0. The lowest BCUT2D eigenvalue weighted by molar-refractivity contribution is -0.128. The van der Waals surface area contributed by atoms with Gasteiger partial charge in [0.1, 0.15) is 18.0 Å². The maximum absolute atomic E-state index is 12.7. The Morgan fingerprint density at radius 3 is 2.27 bits per heavy atom. The number of carbonyl (C=O) groups excluding carboxylic acids is 1. The number of hydrogen-bond acceptors (Lipinski definition) is 6. The number of rotatable bonds is 9. The van der Waals surface area contributed by atoms with Crippen molar-refractivity contribution in [3.63, 3.8) is 0 Å². The van der Waals surface area contributed by atoms with Gasteiger partial charge in [-0.25, -0.2) is 4.98 Å². The summed E-state index contributed by atoms with van der Waals surface area (Å²) >= 11 is 12.0. The summed E-state index contributed by atoms with van der Waals surface area (Å²) in [5, 5.41) is 7.66. The average molecular weight is 585 g/mol. The van der Waals surface area contributed by atoms with Crippen LogP contribution in [0.2, 0.25) is 10.0 Å². The highest BCUT2D eigenvalue weighted by atomic mass is 35.5. The summed E-state index contributed by atoms with van der Waals surface area (Å²) in [6.07, 6.45) is 5.11. The summed E-state index contributed by atoms with van der Waals surface area (Å²) in [4.78, 5) is 27.5. The lowest BCUT2D eigenvalue weighted by Crippen LogP contribution is -2.32. The minimum absolute atomic E-state index is 0.0776. The van der Waals surface area contributed by atoms with E-state index in [0.29, 0.717) is 40.7 Å². The van der Waals surface area contributed by atoms with Crippen molar-refractivity contribution >= 4 is 40.9 Å². The van der Waals surface area contributed by atoms with Gasteiger partial charge in [0, 0.05) is 48.6 Å². The molecule has 40 heavy (non-hydrogen) atoms. The van der Waals surface area contributed by atoms with Gasteiger partial charge in [-0.15, -0.1) is 0 Å².